The van der Waals surface area contributed by atoms with Gasteiger partial charge in [0.2, 0.25) is 0 Å². The number of nitrogens with one attached hydrogen (secondary N) is 1. The quantitative estimate of drug-likeness (QED) is 0.560. The second kappa shape index (κ2) is 7.48. The van der Waals surface area contributed by atoms with E-state index in [1.807, 2.05) is 53.9 Å². The number of hydrogen-bond donors (Lipinski definition) is 1. The van der Waals surface area contributed by atoms with Crippen LogP contribution in [0.15, 0.2) is 76.7 Å². The van der Waals surface area contributed by atoms with Gasteiger partial charge in [-0.25, -0.2) is 4.79 Å². The minimum Gasteiger partial charge on any atom is -0.488 e. The molecule has 0 saturated carbocycles. The third-order valence-corrected chi connectivity index (χ3v) is 4.27. The molecule has 7 heteroatoms. The summed E-state index contributed by atoms with van der Waals surface area (Å²) in [6.45, 7) is 2.60. The Kier molecular flexibility index (Phi) is 4.72. The summed E-state index contributed by atoms with van der Waals surface area (Å²) in [5.41, 5.74) is 1.34. The molecule has 3 aromatic heterocycles. The van der Waals surface area contributed by atoms with Crippen molar-refractivity contribution in [2.24, 2.45) is 0 Å². The number of aryl methyl sites for hydroxylation is 1. The van der Waals surface area contributed by atoms with Crippen LogP contribution < -0.4 is 20.7 Å². The molecule has 3 heterocycles. The maximum absolute atomic E-state index is 11.7. The highest BCUT2D eigenvalue weighted by Gasteiger charge is 2.07. The number of H-pyrrole nitrogens is 1. The van der Waals surface area contributed by atoms with Gasteiger partial charge in [0.15, 0.2) is 11.5 Å². The summed E-state index contributed by atoms with van der Waals surface area (Å²) in [7, 11) is 0. The maximum atomic E-state index is 11.7. The van der Waals surface area contributed by atoms with E-state index in [2.05, 4.69) is 17.2 Å². The van der Waals surface area contributed by atoms with Crippen LogP contribution in [0, 0.1) is 6.92 Å². The summed E-state index contributed by atoms with van der Waals surface area (Å²) < 4.78 is 15.2. The van der Waals surface area contributed by atoms with Crippen molar-refractivity contribution >= 4 is 5.52 Å². The number of aromatic amines is 1. The highest BCUT2D eigenvalue weighted by atomic mass is 16.5. The molecular formula is C21H19N3O4. The van der Waals surface area contributed by atoms with Gasteiger partial charge in [-0.05, 0) is 36.8 Å². The highest BCUT2D eigenvalue weighted by molar-refractivity contribution is 5.55. The van der Waals surface area contributed by atoms with Gasteiger partial charge < -0.3 is 13.9 Å². The summed E-state index contributed by atoms with van der Waals surface area (Å²) in [4.78, 5) is 25.1. The Morgan fingerprint density at radius 2 is 1.82 bits per heavy atom. The number of rotatable bonds is 6. The molecule has 0 atom stereocenters. The SMILES string of the molecule is Cc1cc2cc(Oc3ccccc3OCCn3ccc(=O)[nH]c3=O)ccn2c1. The van der Waals surface area contributed by atoms with Crippen molar-refractivity contribution in [3.05, 3.63) is 93.5 Å². The van der Waals surface area contributed by atoms with Crippen molar-refractivity contribution in [3.63, 3.8) is 0 Å². The molecule has 0 unspecified atom stereocenters. The Bertz CT molecular complexity index is 1240. The molecule has 0 radical (unpaired) electrons. The molecule has 0 amide bonds. The molecule has 0 bridgehead atoms. The lowest BCUT2D eigenvalue weighted by molar-refractivity contribution is 0.283. The summed E-state index contributed by atoms with van der Waals surface area (Å²) in [5.74, 6) is 1.87. The van der Waals surface area contributed by atoms with Gasteiger partial charge in [-0.3, -0.25) is 14.3 Å². The van der Waals surface area contributed by atoms with E-state index in [1.54, 1.807) is 0 Å². The van der Waals surface area contributed by atoms with E-state index in [-0.39, 0.29) is 6.61 Å². The number of pyridine rings is 1. The van der Waals surface area contributed by atoms with Crippen LogP contribution in [-0.2, 0) is 6.54 Å². The summed E-state index contributed by atoms with van der Waals surface area (Å²) in [5, 5.41) is 0. The molecule has 0 spiro atoms. The minimum absolute atomic E-state index is 0.253. The van der Waals surface area contributed by atoms with Gasteiger partial charge in [-0.15, -0.1) is 0 Å². The second-order valence-electron chi connectivity index (χ2n) is 6.41. The van der Waals surface area contributed by atoms with Crippen LogP contribution in [0.25, 0.3) is 5.52 Å². The van der Waals surface area contributed by atoms with Gasteiger partial charge in [0.1, 0.15) is 12.4 Å². The average molecular weight is 377 g/mol. The summed E-state index contributed by atoms with van der Waals surface area (Å²) >= 11 is 0. The van der Waals surface area contributed by atoms with Crippen LogP contribution in [0.3, 0.4) is 0 Å². The monoisotopic (exact) mass is 377 g/mol. The van der Waals surface area contributed by atoms with Gasteiger partial charge in [0.25, 0.3) is 5.56 Å². The third-order valence-electron chi connectivity index (χ3n) is 4.27. The molecule has 7 nitrogen and oxygen atoms in total. The van der Waals surface area contributed by atoms with E-state index < -0.39 is 11.2 Å². The fraction of sp³-hybridized carbons (Fsp3) is 0.143. The normalized spacial score (nSPS) is 10.9. The average Bonchev–Trinajstić information content (AvgIpc) is 3.04. The first-order chi connectivity index (χ1) is 13.6. The van der Waals surface area contributed by atoms with Crippen LogP contribution in [0.1, 0.15) is 5.56 Å². The van der Waals surface area contributed by atoms with Gasteiger partial charge in [0.05, 0.1) is 6.54 Å². The van der Waals surface area contributed by atoms with Crippen LogP contribution in [0.2, 0.25) is 0 Å². The van der Waals surface area contributed by atoms with Gasteiger partial charge in [-0.2, -0.15) is 0 Å². The van der Waals surface area contributed by atoms with Crippen LogP contribution in [0.5, 0.6) is 17.2 Å². The predicted molar refractivity (Wildman–Crippen MR) is 105 cm³/mol. The Labute approximate surface area is 160 Å². The zero-order chi connectivity index (χ0) is 19.5. The van der Waals surface area contributed by atoms with E-state index in [1.165, 1.54) is 22.4 Å². The Morgan fingerprint density at radius 3 is 2.64 bits per heavy atom. The molecule has 1 aromatic carbocycles. The minimum atomic E-state index is -0.462. The molecule has 4 rings (SSSR count). The first kappa shape index (κ1) is 17.7. The van der Waals surface area contributed by atoms with Crippen LogP contribution in [0.4, 0.5) is 0 Å². The van der Waals surface area contributed by atoms with Crippen molar-refractivity contribution in [1.82, 2.24) is 14.0 Å². The number of hydrogen-bond acceptors (Lipinski definition) is 4. The standard InChI is InChI=1S/C21H19N3O4/c1-15-12-16-13-17(6-8-24(16)14-15)28-19-5-3-2-4-18(19)27-11-10-23-9-7-20(25)22-21(23)26/h2-9,12-14H,10-11H2,1H3,(H,22,25,26). The molecule has 1 N–H and O–H groups in total. The molecular weight excluding hydrogens is 358 g/mol. The third kappa shape index (κ3) is 3.83. The predicted octanol–water partition coefficient (Wildman–Crippen LogP) is 2.97. The van der Waals surface area contributed by atoms with Crippen molar-refractivity contribution in [1.29, 1.82) is 0 Å². The maximum Gasteiger partial charge on any atom is 0.328 e. The molecule has 0 fully saturated rings. The number of nitrogens with zero attached hydrogens (tertiary/aromatic N) is 2. The first-order valence-corrected chi connectivity index (χ1v) is 8.86. The number of benzene rings is 1. The molecule has 28 heavy (non-hydrogen) atoms. The molecule has 0 saturated heterocycles. The summed E-state index contributed by atoms with van der Waals surface area (Å²) in [6, 6.07) is 14.6. The summed E-state index contributed by atoms with van der Waals surface area (Å²) in [6.07, 6.45) is 5.44. The van der Waals surface area contributed by atoms with Crippen LogP contribution >= 0.6 is 0 Å². The fourth-order valence-electron chi connectivity index (χ4n) is 2.95. The largest absolute Gasteiger partial charge is 0.488 e. The zero-order valence-electron chi connectivity index (χ0n) is 15.3. The number of aromatic nitrogens is 3. The van der Waals surface area contributed by atoms with Gasteiger partial charge in [-0.1, -0.05) is 12.1 Å². The van der Waals surface area contributed by atoms with Crippen molar-refractivity contribution in [3.8, 4) is 17.2 Å². The smallest absolute Gasteiger partial charge is 0.328 e. The van der Waals surface area contributed by atoms with Crippen LogP contribution in [-0.4, -0.2) is 20.6 Å². The topological polar surface area (TPSA) is 77.7 Å². The lowest BCUT2D eigenvalue weighted by Crippen LogP contribution is -2.30. The Balaban J connectivity index is 1.48. The number of fused-ring (bicyclic) bond motifs is 1. The Morgan fingerprint density at radius 1 is 1.00 bits per heavy atom. The van der Waals surface area contributed by atoms with Crippen molar-refractivity contribution in [2.45, 2.75) is 13.5 Å². The van der Waals surface area contributed by atoms with E-state index in [9.17, 15) is 9.59 Å². The highest BCUT2D eigenvalue weighted by Crippen LogP contribution is 2.31. The second-order valence-corrected chi connectivity index (χ2v) is 6.41. The fourth-order valence-corrected chi connectivity index (χ4v) is 2.95. The van der Waals surface area contributed by atoms with Gasteiger partial charge >= 0.3 is 5.69 Å². The molecule has 0 aliphatic rings. The first-order valence-electron chi connectivity index (χ1n) is 8.86. The lowest BCUT2D eigenvalue weighted by atomic mass is 10.3. The number of para-hydroxylation sites is 2. The van der Waals surface area contributed by atoms with Crippen molar-refractivity contribution in [2.75, 3.05) is 6.61 Å². The van der Waals surface area contributed by atoms with E-state index in [4.69, 9.17) is 9.47 Å². The number of ether oxygens (including phenoxy) is 2. The van der Waals surface area contributed by atoms with E-state index >= 15 is 0 Å². The van der Waals surface area contributed by atoms with E-state index in [0.29, 0.717) is 23.8 Å². The molecule has 0 aliphatic carbocycles. The zero-order valence-corrected chi connectivity index (χ0v) is 15.3. The van der Waals surface area contributed by atoms with Crippen molar-refractivity contribution < 1.29 is 9.47 Å². The molecule has 142 valence electrons. The molecule has 0 aliphatic heterocycles. The lowest BCUT2D eigenvalue weighted by Gasteiger charge is -2.13. The Hall–Kier alpha value is -3.74. The molecule has 4 aromatic rings. The van der Waals surface area contributed by atoms with E-state index in [0.717, 1.165) is 5.52 Å². The van der Waals surface area contributed by atoms with Gasteiger partial charge in [0, 0.05) is 36.2 Å².